The first-order chi connectivity index (χ1) is 15.5. The Labute approximate surface area is 187 Å². The third-order valence-corrected chi connectivity index (χ3v) is 6.49. The van der Waals surface area contributed by atoms with Crippen LogP contribution in [0.2, 0.25) is 0 Å². The number of aromatic nitrogens is 5. The molecule has 1 fully saturated rings. The van der Waals surface area contributed by atoms with E-state index in [0.29, 0.717) is 29.9 Å². The summed E-state index contributed by atoms with van der Waals surface area (Å²) in [4.78, 5) is 21.6. The van der Waals surface area contributed by atoms with E-state index in [1.165, 1.54) is 11.3 Å². The number of hydrogen-bond donors (Lipinski definition) is 2. The number of thiazole rings is 1. The Balaban J connectivity index is 1.35. The number of nitrogens with two attached hydrogens (primary N) is 1. The summed E-state index contributed by atoms with van der Waals surface area (Å²) in [7, 11) is 1.76. The zero-order chi connectivity index (χ0) is 22.2. The number of anilines is 1. The molecular weight excluding hydrogens is 433 g/mol. The van der Waals surface area contributed by atoms with E-state index in [1.807, 2.05) is 28.9 Å². The normalized spacial score (nSPS) is 21.5. The number of rotatable bonds is 4. The van der Waals surface area contributed by atoms with Crippen LogP contribution in [0.4, 0.5) is 10.1 Å². The summed E-state index contributed by atoms with van der Waals surface area (Å²) < 4.78 is 23.2. The average molecular weight is 456 g/mol. The number of nitrogens with one attached hydrogen (secondary N) is 1. The number of nitrogens with zero attached hydrogens (tertiary/aromatic N) is 5. The molecule has 0 aliphatic carbocycles. The minimum Gasteiger partial charge on any atom is -0.369 e. The van der Waals surface area contributed by atoms with E-state index in [9.17, 15) is 9.18 Å². The molecule has 1 aliphatic heterocycles. The van der Waals surface area contributed by atoms with Crippen molar-refractivity contribution in [3.05, 3.63) is 53.7 Å². The van der Waals surface area contributed by atoms with Gasteiger partial charge >= 0.3 is 0 Å². The van der Waals surface area contributed by atoms with E-state index in [-0.39, 0.29) is 12.5 Å². The van der Waals surface area contributed by atoms with Crippen molar-refractivity contribution in [2.45, 2.75) is 31.2 Å². The number of aryl methyl sites for hydroxylation is 1. The van der Waals surface area contributed by atoms with Crippen molar-refractivity contribution in [1.29, 1.82) is 0 Å². The first kappa shape index (κ1) is 20.7. The highest BCUT2D eigenvalue weighted by atomic mass is 32.1. The molecule has 11 heteroatoms. The topological polar surface area (TPSA) is 112 Å². The van der Waals surface area contributed by atoms with Gasteiger partial charge in [0.05, 0.1) is 24.2 Å². The Hall–Kier alpha value is -3.15. The summed E-state index contributed by atoms with van der Waals surface area (Å²) in [5.41, 5.74) is 9.08. The summed E-state index contributed by atoms with van der Waals surface area (Å²) in [6.45, 7) is -0.0822. The van der Waals surface area contributed by atoms with Crippen molar-refractivity contribution in [3.8, 4) is 10.6 Å². The van der Waals surface area contributed by atoms with Crippen LogP contribution in [0.5, 0.6) is 0 Å². The zero-order valence-corrected chi connectivity index (χ0v) is 18.1. The first-order valence-electron chi connectivity index (χ1n) is 10.2. The van der Waals surface area contributed by atoms with Crippen LogP contribution in [-0.2, 0) is 11.8 Å². The Morgan fingerprint density at radius 2 is 2.25 bits per heavy atom. The summed E-state index contributed by atoms with van der Waals surface area (Å²) in [5, 5.41) is 9.58. The van der Waals surface area contributed by atoms with E-state index in [0.717, 1.165) is 16.2 Å². The van der Waals surface area contributed by atoms with E-state index >= 15 is 0 Å². The minimum absolute atomic E-state index is 0.0822. The van der Waals surface area contributed by atoms with Crippen LogP contribution in [-0.4, -0.2) is 48.9 Å². The lowest BCUT2D eigenvalue weighted by Crippen LogP contribution is -2.32. The second-order valence-electron chi connectivity index (χ2n) is 7.75. The maximum Gasteiger partial charge on any atom is 0.275 e. The van der Waals surface area contributed by atoms with Gasteiger partial charge in [0.2, 0.25) is 0 Å². The molecule has 0 radical (unpaired) electrons. The molecule has 4 aromatic rings. The quantitative estimate of drug-likeness (QED) is 0.489. The van der Waals surface area contributed by atoms with Gasteiger partial charge in [-0.05, 0) is 25.0 Å². The molecule has 1 amide bonds. The summed E-state index contributed by atoms with van der Waals surface area (Å²) in [5.74, 6) is -0.348. The van der Waals surface area contributed by atoms with E-state index in [4.69, 9.17) is 10.5 Å². The van der Waals surface area contributed by atoms with E-state index in [2.05, 4.69) is 20.4 Å². The van der Waals surface area contributed by atoms with Crippen LogP contribution >= 0.6 is 11.3 Å². The third kappa shape index (κ3) is 3.90. The second-order valence-corrected chi connectivity index (χ2v) is 8.61. The summed E-state index contributed by atoms with van der Waals surface area (Å²) in [6.07, 6.45) is 6.49. The monoisotopic (exact) mass is 455 g/mol. The van der Waals surface area contributed by atoms with Crippen LogP contribution in [0.1, 0.15) is 35.1 Å². The Kier molecular flexibility index (Phi) is 5.45. The summed E-state index contributed by atoms with van der Waals surface area (Å²) >= 11 is 1.39. The van der Waals surface area contributed by atoms with Gasteiger partial charge in [-0.1, -0.05) is 0 Å². The maximum atomic E-state index is 13.9. The molecular formula is C21H22FN7O2S. The number of carbonyl (C=O) groups is 1. The van der Waals surface area contributed by atoms with Gasteiger partial charge in [0.25, 0.3) is 5.91 Å². The van der Waals surface area contributed by atoms with Crippen LogP contribution in [0.3, 0.4) is 0 Å². The number of amides is 1. The van der Waals surface area contributed by atoms with Gasteiger partial charge in [-0.25, -0.2) is 14.4 Å². The van der Waals surface area contributed by atoms with Crippen LogP contribution in [0.25, 0.3) is 16.2 Å². The summed E-state index contributed by atoms with van der Waals surface area (Å²) in [6, 6.07) is 3.27. The molecule has 0 unspecified atom stereocenters. The fourth-order valence-electron chi connectivity index (χ4n) is 3.82. The smallest absolute Gasteiger partial charge is 0.275 e. The molecule has 1 saturated heterocycles. The highest BCUT2D eigenvalue weighted by molar-refractivity contribution is 7.13. The molecule has 4 aromatic heterocycles. The maximum absolute atomic E-state index is 13.9. The standard InChI is InChI=1S/C21H22FN7O2S/c1-28-19(17-4-3-14(23)13(22)10-31-17)15(8-25-28)26-20(30)16-11-32-21(27-16)12-2-5-18-24-6-7-29(18)9-12/h2,5-9,11,13-14,17H,3-4,10,23H2,1H3,(H,26,30)/t13-,14-,17+/m1/s1. The largest absolute Gasteiger partial charge is 0.369 e. The number of ether oxygens (including phenoxy) is 1. The predicted molar refractivity (Wildman–Crippen MR) is 118 cm³/mol. The molecule has 0 aromatic carbocycles. The SMILES string of the molecule is Cn1ncc(NC(=O)c2csc(-c3ccc4nccn4c3)n2)c1[C@@H]1CC[C@@H](N)[C@H](F)CO1. The lowest BCUT2D eigenvalue weighted by Gasteiger charge is -2.17. The Morgan fingerprint density at radius 3 is 3.12 bits per heavy atom. The van der Waals surface area contributed by atoms with Gasteiger partial charge in [-0.2, -0.15) is 5.10 Å². The molecule has 3 N–H and O–H groups in total. The number of fused-ring (bicyclic) bond motifs is 1. The molecule has 0 spiro atoms. The van der Waals surface area contributed by atoms with Crippen molar-refractivity contribution < 1.29 is 13.9 Å². The minimum atomic E-state index is -1.21. The van der Waals surface area contributed by atoms with E-state index in [1.54, 1.807) is 29.5 Å². The molecule has 166 valence electrons. The van der Waals surface area contributed by atoms with E-state index < -0.39 is 18.3 Å². The third-order valence-electron chi connectivity index (χ3n) is 5.59. The van der Waals surface area contributed by atoms with Gasteiger partial charge in [-0.3, -0.25) is 9.48 Å². The number of halogens is 1. The van der Waals surface area contributed by atoms with Crippen LogP contribution in [0, 0.1) is 0 Å². The molecule has 9 nitrogen and oxygen atoms in total. The number of alkyl halides is 1. The van der Waals surface area contributed by atoms with Crippen LogP contribution in [0.15, 0.2) is 42.3 Å². The molecule has 32 heavy (non-hydrogen) atoms. The molecule has 3 atom stereocenters. The van der Waals surface area contributed by atoms with Crippen molar-refractivity contribution in [1.82, 2.24) is 24.1 Å². The number of carbonyl (C=O) groups excluding carboxylic acids is 1. The average Bonchev–Trinajstić information content (AvgIpc) is 3.51. The van der Waals surface area contributed by atoms with Gasteiger partial charge in [0.1, 0.15) is 28.6 Å². The fourth-order valence-corrected chi connectivity index (χ4v) is 4.61. The number of imidazole rings is 1. The van der Waals surface area contributed by atoms with Gasteiger partial charge in [-0.15, -0.1) is 11.3 Å². The van der Waals surface area contributed by atoms with Crippen molar-refractivity contribution in [2.75, 3.05) is 11.9 Å². The number of hydrogen-bond acceptors (Lipinski definition) is 7. The Bertz CT molecular complexity index is 1250. The second kappa shape index (κ2) is 8.41. The molecule has 0 saturated carbocycles. The highest BCUT2D eigenvalue weighted by Gasteiger charge is 2.30. The van der Waals surface area contributed by atoms with Gasteiger partial charge in [0, 0.05) is 42.6 Å². The van der Waals surface area contributed by atoms with Crippen molar-refractivity contribution in [3.63, 3.8) is 0 Å². The predicted octanol–water partition coefficient (Wildman–Crippen LogP) is 2.96. The Morgan fingerprint density at radius 1 is 1.38 bits per heavy atom. The first-order valence-corrected chi connectivity index (χ1v) is 11.1. The van der Waals surface area contributed by atoms with Crippen molar-refractivity contribution in [2.24, 2.45) is 12.8 Å². The zero-order valence-electron chi connectivity index (χ0n) is 17.3. The molecule has 5 rings (SSSR count). The lowest BCUT2D eigenvalue weighted by molar-refractivity contribution is 0.0247. The number of pyridine rings is 1. The fraction of sp³-hybridized carbons (Fsp3) is 0.333. The van der Waals surface area contributed by atoms with Crippen molar-refractivity contribution >= 4 is 28.6 Å². The highest BCUT2D eigenvalue weighted by Crippen LogP contribution is 2.33. The molecule has 0 bridgehead atoms. The van der Waals surface area contributed by atoms with Gasteiger partial charge in [0.15, 0.2) is 0 Å². The van der Waals surface area contributed by atoms with Crippen LogP contribution < -0.4 is 11.1 Å². The molecule has 5 heterocycles. The molecule has 1 aliphatic rings. The van der Waals surface area contributed by atoms with Gasteiger partial charge < -0.3 is 20.2 Å². The lowest BCUT2D eigenvalue weighted by atomic mass is 10.0.